The fraction of sp³-hybridized carbons (Fsp3) is 0.297. The summed E-state index contributed by atoms with van der Waals surface area (Å²) in [6, 6.07) is 12.5. The number of nitrogens with zero attached hydrogens (tertiary/aromatic N) is 5. The third-order valence-electron chi connectivity index (χ3n) is 10.9. The van der Waals surface area contributed by atoms with Crippen LogP contribution in [0.15, 0.2) is 64.1 Å². The fourth-order valence-corrected chi connectivity index (χ4v) is 9.85. The summed E-state index contributed by atoms with van der Waals surface area (Å²) in [6.07, 6.45) is 8.08. The first kappa shape index (κ1) is 29.5. The van der Waals surface area contributed by atoms with Crippen molar-refractivity contribution in [3.05, 3.63) is 105 Å². The number of benzene rings is 1. The molecule has 3 aliphatic heterocycles. The predicted molar refractivity (Wildman–Crippen MR) is 184 cm³/mol. The molecule has 5 aliphatic rings. The number of carbonyl (C=O) groups is 1. The van der Waals surface area contributed by atoms with Crippen molar-refractivity contribution < 1.29 is 18.3 Å². The first-order chi connectivity index (χ1) is 24.4. The Morgan fingerprint density at radius 2 is 1.92 bits per heavy atom. The van der Waals surface area contributed by atoms with Crippen molar-refractivity contribution >= 4 is 33.1 Å². The molecule has 1 aromatic carbocycles. The van der Waals surface area contributed by atoms with Crippen molar-refractivity contribution in [3.63, 3.8) is 0 Å². The number of H-pyrrole nitrogens is 1. The number of halogens is 1. The smallest absolute Gasteiger partial charge is 0.434 e. The second-order valence-electron chi connectivity index (χ2n) is 13.6. The number of amides is 1. The summed E-state index contributed by atoms with van der Waals surface area (Å²) >= 11 is 1.54. The zero-order valence-corrected chi connectivity index (χ0v) is 27.8. The minimum absolute atomic E-state index is 0.0297. The molecule has 1 spiro atoms. The Bertz CT molecular complexity index is 2430. The van der Waals surface area contributed by atoms with Crippen LogP contribution in [0.3, 0.4) is 0 Å². The number of hydrogen-bond donors (Lipinski definition) is 2. The van der Waals surface area contributed by atoms with Crippen molar-refractivity contribution in [1.82, 2.24) is 30.0 Å². The van der Waals surface area contributed by atoms with Crippen LogP contribution < -0.4 is 15.8 Å². The Kier molecular flexibility index (Phi) is 6.36. The van der Waals surface area contributed by atoms with E-state index in [2.05, 4.69) is 26.6 Å². The number of pyridine rings is 3. The number of nitrogens with one attached hydrogen (secondary N) is 2. The highest BCUT2D eigenvalue weighted by Gasteiger charge is 2.65. The molecule has 6 aromatic rings. The minimum Gasteiger partial charge on any atom is -0.481 e. The highest BCUT2D eigenvalue weighted by Crippen LogP contribution is 2.63. The minimum atomic E-state index is -0.695. The lowest BCUT2D eigenvalue weighted by Gasteiger charge is -2.37. The molecule has 2 aliphatic carbocycles. The topological polar surface area (TPSA) is 139 Å². The maximum absolute atomic E-state index is 14.4. The number of aryl methyl sites for hydroxylation is 2. The molecule has 13 heteroatoms. The number of aromatic amines is 1. The van der Waals surface area contributed by atoms with E-state index in [1.165, 1.54) is 23.5 Å². The number of carbonyl (C=O) groups excluding carboxylic acids is 1. The van der Waals surface area contributed by atoms with E-state index in [0.717, 1.165) is 68.8 Å². The van der Waals surface area contributed by atoms with Crippen LogP contribution in [-0.2, 0) is 24.8 Å². The van der Waals surface area contributed by atoms with Crippen LogP contribution in [0, 0.1) is 11.7 Å². The number of ether oxygens (including phenoxy) is 1. The van der Waals surface area contributed by atoms with E-state index in [9.17, 15) is 14.0 Å². The summed E-state index contributed by atoms with van der Waals surface area (Å²) in [6.45, 7) is 0.708. The van der Waals surface area contributed by atoms with Crippen LogP contribution in [0.4, 0.5) is 10.2 Å². The van der Waals surface area contributed by atoms with E-state index >= 15 is 0 Å². The van der Waals surface area contributed by atoms with Crippen molar-refractivity contribution in [1.29, 1.82) is 0 Å². The third-order valence-corrected chi connectivity index (χ3v) is 12.1. The van der Waals surface area contributed by atoms with Crippen LogP contribution in [0.5, 0.6) is 5.88 Å². The molecule has 2 saturated heterocycles. The molecule has 50 heavy (non-hydrogen) atoms. The van der Waals surface area contributed by atoms with Gasteiger partial charge < -0.3 is 19.4 Å². The van der Waals surface area contributed by atoms with Crippen molar-refractivity contribution in [3.8, 4) is 27.8 Å². The lowest BCUT2D eigenvalue weighted by atomic mass is 9.71. The molecule has 8 heterocycles. The summed E-state index contributed by atoms with van der Waals surface area (Å²) < 4.78 is 25.8. The molecule has 250 valence electrons. The number of methoxy groups -OCH3 is 1. The second-order valence-corrected chi connectivity index (χ2v) is 14.7. The molecular weight excluding hydrogens is 658 g/mol. The highest BCUT2D eigenvalue weighted by molar-refractivity contribution is 7.23. The van der Waals surface area contributed by atoms with E-state index in [-0.39, 0.29) is 23.7 Å². The lowest BCUT2D eigenvalue weighted by molar-refractivity contribution is 0.0637. The maximum atomic E-state index is 14.4. The molecule has 0 unspecified atom stereocenters. The van der Waals surface area contributed by atoms with E-state index < -0.39 is 11.3 Å². The van der Waals surface area contributed by atoms with Crippen molar-refractivity contribution in [2.45, 2.75) is 50.1 Å². The molecule has 1 amide bonds. The molecule has 1 saturated carbocycles. The fourth-order valence-electron chi connectivity index (χ4n) is 8.69. The van der Waals surface area contributed by atoms with E-state index in [1.807, 2.05) is 17.0 Å². The number of fused-ring (bicyclic) bond motifs is 3. The Morgan fingerprint density at radius 3 is 2.72 bits per heavy atom. The maximum Gasteiger partial charge on any atom is 0.434 e. The van der Waals surface area contributed by atoms with Crippen LogP contribution in [0.25, 0.3) is 32.0 Å². The monoisotopic (exact) mass is 687 g/mol. The highest BCUT2D eigenvalue weighted by atomic mass is 32.1. The predicted octanol–water partition coefficient (Wildman–Crippen LogP) is 6.20. The number of hydrogen-bond acceptors (Lipinski definition) is 10. The van der Waals surface area contributed by atoms with Gasteiger partial charge in [0.05, 0.1) is 45.9 Å². The summed E-state index contributed by atoms with van der Waals surface area (Å²) in [5.74, 6) is 0.908. The van der Waals surface area contributed by atoms with Gasteiger partial charge in [0.2, 0.25) is 5.88 Å². The molecule has 11 rings (SSSR count). The Hall–Kier alpha value is -5.43. The third kappa shape index (κ3) is 4.25. The van der Waals surface area contributed by atoms with E-state index in [1.54, 1.807) is 31.6 Å². The largest absolute Gasteiger partial charge is 0.481 e. The average molecular weight is 688 g/mol. The summed E-state index contributed by atoms with van der Waals surface area (Å²) in [5.41, 5.74) is 5.98. The summed E-state index contributed by atoms with van der Waals surface area (Å²) in [4.78, 5) is 44.0. The molecule has 2 bridgehead atoms. The SMILES string of the molecule is COc1nccc2c1CC[C@@H]2Nc1nccc2cc(-c3c4c(nc(CCc5ccc(F)cc5)c3-c3n[nH]c(=O)o3)C35CC(CN3C4=O)C5)sc12. The van der Waals surface area contributed by atoms with Crippen molar-refractivity contribution in [2.75, 3.05) is 19.0 Å². The summed E-state index contributed by atoms with van der Waals surface area (Å²) in [7, 11) is 1.64. The normalized spacial score (nSPS) is 21.3. The Labute approximate surface area is 288 Å². The van der Waals surface area contributed by atoms with Gasteiger partial charge in [-0.2, -0.15) is 0 Å². The number of rotatable bonds is 8. The van der Waals surface area contributed by atoms with Gasteiger partial charge in [0.1, 0.15) is 11.6 Å². The molecule has 1 atom stereocenters. The number of thiophene rings is 1. The van der Waals surface area contributed by atoms with E-state index in [0.29, 0.717) is 53.6 Å². The lowest BCUT2D eigenvalue weighted by Crippen LogP contribution is -2.40. The molecule has 3 fully saturated rings. The number of anilines is 1. The number of aromatic nitrogens is 5. The van der Waals surface area contributed by atoms with Gasteiger partial charge in [-0.25, -0.2) is 24.3 Å². The molecule has 2 N–H and O–H groups in total. The van der Waals surface area contributed by atoms with Crippen LogP contribution in [-0.4, -0.2) is 49.6 Å². The average Bonchev–Trinajstić information content (AvgIpc) is 3.96. The standard InChI is InChI=1S/C37H30FN7O4S/c1-48-33-23-7-9-24(22(23)11-13-40-33)42-32-30-20(10-12-39-32)14-26(50-30)28-27(34-43-44-36(47)49-34)25(8-4-18-2-5-21(38)6-3-18)41-31-29(28)35(46)45-17-19-15-37(31,45)16-19/h2-3,5-6,10-14,19,24H,4,7-9,15-17H2,1H3,(H,39,42)(H,44,47)/t19?,24-,37?/m0/s1. The van der Waals surface area contributed by atoms with Gasteiger partial charge in [-0.15, -0.1) is 16.4 Å². The van der Waals surface area contributed by atoms with Gasteiger partial charge in [0.15, 0.2) is 0 Å². The zero-order chi connectivity index (χ0) is 33.7. The molecule has 11 nitrogen and oxygen atoms in total. The quantitative estimate of drug-likeness (QED) is 0.191. The Balaban J connectivity index is 1.15. The molecule has 0 radical (unpaired) electrons. The van der Waals surface area contributed by atoms with Gasteiger partial charge in [-0.3, -0.25) is 9.78 Å². The first-order valence-electron chi connectivity index (χ1n) is 16.8. The van der Waals surface area contributed by atoms with Gasteiger partial charge in [0.25, 0.3) is 11.8 Å². The molecule has 5 aromatic heterocycles. The van der Waals surface area contributed by atoms with Crippen molar-refractivity contribution in [2.24, 2.45) is 5.92 Å². The van der Waals surface area contributed by atoms with Gasteiger partial charge in [-0.1, -0.05) is 12.1 Å². The summed E-state index contributed by atoms with van der Waals surface area (Å²) in [5, 5.41) is 11.3. The molecular formula is C37H30FN7O4S. The zero-order valence-electron chi connectivity index (χ0n) is 27.0. The van der Waals surface area contributed by atoms with Gasteiger partial charge >= 0.3 is 5.76 Å². The van der Waals surface area contributed by atoms with Crippen LogP contribution in [0.2, 0.25) is 0 Å². The second kappa shape index (κ2) is 10.8. The Morgan fingerprint density at radius 1 is 1.08 bits per heavy atom. The van der Waals surface area contributed by atoms with Gasteiger partial charge in [0, 0.05) is 34.9 Å². The van der Waals surface area contributed by atoms with Crippen LogP contribution in [0.1, 0.15) is 63.7 Å². The first-order valence-corrected chi connectivity index (χ1v) is 17.6. The van der Waals surface area contributed by atoms with Gasteiger partial charge in [-0.05, 0) is 91.3 Å². The van der Waals surface area contributed by atoms with E-state index in [4.69, 9.17) is 19.1 Å². The van der Waals surface area contributed by atoms with Crippen LogP contribution >= 0.6 is 11.3 Å².